The second kappa shape index (κ2) is 8.07. The molecule has 0 atom stereocenters. The molecule has 3 saturated carbocycles. The van der Waals surface area contributed by atoms with Crippen molar-refractivity contribution in [3.63, 3.8) is 0 Å². The van der Waals surface area contributed by atoms with Crippen LogP contribution in [-0.4, -0.2) is 35.5 Å². The number of benzene rings is 1. The summed E-state index contributed by atoms with van der Waals surface area (Å²) in [4.78, 5) is 25.6. The van der Waals surface area contributed by atoms with E-state index >= 15 is 0 Å². The molecule has 0 radical (unpaired) electrons. The van der Waals surface area contributed by atoms with Crippen molar-refractivity contribution < 1.29 is 27.9 Å². The minimum absolute atomic E-state index is 0.00504. The van der Waals surface area contributed by atoms with Gasteiger partial charge in [-0.15, -0.1) is 10.2 Å². The van der Waals surface area contributed by atoms with Crippen LogP contribution in [0.25, 0.3) is 0 Å². The largest absolute Gasteiger partial charge is 0.486 e. The fraction of sp³-hybridized carbons (Fsp3) is 0.524. The molecule has 0 amide bonds. The lowest BCUT2D eigenvalue weighted by Crippen LogP contribution is -2.52. The van der Waals surface area contributed by atoms with E-state index in [9.17, 15) is 14.0 Å². The molecular formula is C21H22ClFN2O5. The van der Waals surface area contributed by atoms with Crippen LogP contribution in [0, 0.1) is 11.2 Å². The van der Waals surface area contributed by atoms with Crippen LogP contribution in [0.15, 0.2) is 22.6 Å². The highest BCUT2D eigenvalue weighted by Gasteiger charge is 2.57. The molecule has 30 heavy (non-hydrogen) atoms. The zero-order chi connectivity index (χ0) is 21.4. The van der Waals surface area contributed by atoms with Crippen molar-refractivity contribution in [1.82, 2.24) is 10.2 Å². The summed E-state index contributed by atoms with van der Waals surface area (Å²) in [5.41, 5.74) is -1.11. The molecule has 2 aromatic rings. The van der Waals surface area contributed by atoms with Crippen molar-refractivity contribution in [2.45, 2.75) is 50.5 Å². The third-order valence-corrected chi connectivity index (χ3v) is 6.55. The highest BCUT2D eigenvalue weighted by molar-refractivity contribution is 6.30. The van der Waals surface area contributed by atoms with Crippen LogP contribution in [0.3, 0.4) is 0 Å². The quantitative estimate of drug-likeness (QED) is 0.621. The summed E-state index contributed by atoms with van der Waals surface area (Å²) < 4.78 is 29.6. The molecule has 0 N–H and O–H groups in total. The molecule has 1 aromatic carbocycles. The molecule has 0 saturated heterocycles. The lowest BCUT2D eigenvalue weighted by atomic mass is 9.52. The summed E-state index contributed by atoms with van der Waals surface area (Å²) >= 11 is 5.65. The highest BCUT2D eigenvalue weighted by atomic mass is 35.5. The number of fused-ring (bicyclic) bond motifs is 3. The Morgan fingerprint density at radius 1 is 1.27 bits per heavy atom. The molecule has 3 aliphatic rings. The molecule has 3 fully saturated rings. The van der Waals surface area contributed by atoms with Crippen molar-refractivity contribution >= 4 is 23.2 Å². The Bertz CT molecular complexity index is 968. The van der Waals surface area contributed by atoms with E-state index < -0.39 is 11.2 Å². The van der Waals surface area contributed by atoms with Gasteiger partial charge in [0.1, 0.15) is 36.0 Å². The first-order chi connectivity index (χ1) is 14.4. The van der Waals surface area contributed by atoms with Gasteiger partial charge in [-0.05, 0) is 43.2 Å². The SMILES string of the molecule is COCc1nnc(C23CCC(CC(=O)COc4ccc(Cl)c(F)c4)(CC2)CC3=O)o1. The molecule has 0 spiro atoms. The number of rotatable bonds is 8. The summed E-state index contributed by atoms with van der Waals surface area (Å²) in [5, 5.41) is 8.04. The number of hydrogen-bond acceptors (Lipinski definition) is 7. The van der Waals surface area contributed by atoms with Crippen LogP contribution in [0.1, 0.15) is 50.3 Å². The number of ketones is 2. The van der Waals surface area contributed by atoms with E-state index in [1.165, 1.54) is 19.2 Å². The Labute approximate surface area is 177 Å². The molecule has 7 nitrogen and oxygen atoms in total. The number of aromatic nitrogens is 2. The number of carbonyl (C=O) groups is 2. The maximum absolute atomic E-state index is 13.5. The van der Waals surface area contributed by atoms with E-state index in [4.69, 9.17) is 25.5 Å². The minimum Gasteiger partial charge on any atom is -0.486 e. The third kappa shape index (κ3) is 3.86. The highest BCUT2D eigenvalue weighted by Crippen LogP contribution is 2.57. The van der Waals surface area contributed by atoms with Gasteiger partial charge in [0.05, 0.1) is 5.02 Å². The maximum Gasteiger partial charge on any atom is 0.242 e. The average molecular weight is 437 g/mol. The van der Waals surface area contributed by atoms with Crippen LogP contribution >= 0.6 is 11.6 Å². The average Bonchev–Trinajstić information content (AvgIpc) is 3.19. The van der Waals surface area contributed by atoms with Crippen LogP contribution in [-0.2, 0) is 26.3 Å². The first-order valence-electron chi connectivity index (χ1n) is 9.80. The maximum atomic E-state index is 13.5. The van der Waals surface area contributed by atoms with Crippen molar-refractivity contribution in [2.75, 3.05) is 13.7 Å². The van der Waals surface area contributed by atoms with Gasteiger partial charge >= 0.3 is 0 Å². The van der Waals surface area contributed by atoms with Crippen molar-refractivity contribution in [3.8, 4) is 5.75 Å². The molecule has 2 bridgehead atoms. The first kappa shape index (κ1) is 20.9. The van der Waals surface area contributed by atoms with E-state index in [1.807, 2.05) is 0 Å². The monoisotopic (exact) mass is 436 g/mol. The Morgan fingerprint density at radius 2 is 2.03 bits per heavy atom. The molecule has 0 unspecified atom stereocenters. The summed E-state index contributed by atoms with van der Waals surface area (Å²) in [6.07, 6.45) is 3.16. The molecule has 160 valence electrons. The Morgan fingerprint density at radius 3 is 2.70 bits per heavy atom. The molecule has 3 aliphatic carbocycles. The van der Waals surface area contributed by atoms with Gasteiger partial charge in [0, 0.05) is 26.0 Å². The first-order valence-corrected chi connectivity index (χ1v) is 10.2. The number of carbonyl (C=O) groups excluding carboxylic acids is 2. The summed E-state index contributed by atoms with van der Waals surface area (Å²) in [6.45, 7) is 0.0272. The number of Topliss-reactive ketones (excluding diaryl/α,β-unsaturated/α-hetero) is 2. The standard InChI is InChI=1S/C21H22ClFN2O5/c1-28-12-18-24-25-19(30-18)21-6-4-20(5-7-21,10-17(21)27)9-13(26)11-29-14-2-3-15(22)16(23)8-14/h2-3,8H,4-7,9-12H2,1H3. The van der Waals surface area contributed by atoms with Crippen LogP contribution in [0.4, 0.5) is 4.39 Å². The fourth-order valence-corrected chi connectivity index (χ4v) is 4.69. The van der Waals surface area contributed by atoms with E-state index in [0.717, 1.165) is 18.9 Å². The van der Waals surface area contributed by atoms with E-state index in [0.29, 0.717) is 31.0 Å². The van der Waals surface area contributed by atoms with Crippen LogP contribution < -0.4 is 4.74 Å². The van der Waals surface area contributed by atoms with E-state index in [2.05, 4.69) is 10.2 Å². The van der Waals surface area contributed by atoms with Gasteiger partial charge in [-0.3, -0.25) is 9.59 Å². The Hall–Kier alpha value is -2.32. The van der Waals surface area contributed by atoms with Gasteiger partial charge in [-0.2, -0.15) is 0 Å². The van der Waals surface area contributed by atoms with Crippen molar-refractivity contribution in [3.05, 3.63) is 40.8 Å². The van der Waals surface area contributed by atoms with Crippen LogP contribution in [0.5, 0.6) is 5.75 Å². The van der Waals surface area contributed by atoms with Gasteiger partial charge in [0.25, 0.3) is 0 Å². The fourth-order valence-electron chi connectivity index (χ4n) is 4.57. The lowest BCUT2D eigenvalue weighted by Gasteiger charge is -2.50. The zero-order valence-corrected chi connectivity index (χ0v) is 17.3. The van der Waals surface area contributed by atoms with E-state index in [-0.39, 0.29) is 47.4 Å². The molecule has 9 heteroatoms. The van der Waals surface area contributed by atoms with Gasteiger partial charge in [0.15, 0.2) is 5.78 Å². The number of halogens is 2. The van der Waals surface area contributed by atoms with Gasteiger partial charge in [-0.25, -0.2) is 4.39 Å². The minimum atomic E-state index is -0.749. The normalized spacial score (nSPS) is 25.5. The number of methoxy groups -OCH3 is 1. The Kier molecular flexibility index (Phi) is 5.63. The molecule has 1 aromatic heterocycles. The number of hydrogen-bond donors (Lipinski definition) is 0. The second-order valence-electron chi connectivity index (χ2n) is 8.20. The third-order valence-electron chi connectivity index (χ3n) is 6.24. The Balaban J connectivity index is 1.38. The summed E-state index contributed by atoms with van der Waals surface area (Å²) in [5.74, 6) is 0.272. The topological polar surface area (TPSA) is 91.5 Å². The van der Waals surface area contributed by atoms with Crippen molar-refractivity contribution in [1.29, 1.82) is 0 Å². The molecular weight excluding hydrogens is 415 g/mol. The summed E-state index contributed by atoms with van der Waals surface area (Å²) in [6, 6.07) is 4.04. The summed E-state index contributed by atoms with van der Waals surface area (Å²) in [7, 11) is 1.53. The van der Waals surface area contributed by atoms with Gasteiger partial charge in [0.2, 0.25) is 11.8 Å². The predicted molar refractivity (Wildman–Crippen MR) is 104 cm³/mol. The van der Waals surface area contributed by atoms with Gasteiger partial charge in [-0.1, -0.05) is 11.6 Å². The number of ether oxygens (including phenoxy) is 2. The van der Waals surface area contributed by atoms with E-state index in [1.54, 1.807) is 0 Å². The van der Waals surface area contributed by atoms with Gasteiger partial charge < -0.3 is 13.9 Å². The second-order valence-corrected chi connectivity index (χ2v) is 8.60. The molecule has 1 heterocycles. The lowest BCUT2D eigenvalue weighted by molar-refractivity contribution is -0.140. The van der Waals surface area contributed by atoms with Crippen LogP contribution in [0.2, 0.25) is 5.02 Å². The zero-order valence-electron chi connectivity index (χ0n) is 16.6. The van der Waals surface area contributed by atoms with Crippen molar-refractivity contribution in [2.24, 2.45) is 5.41 Å². The number of nitrogens with zero attached hydrogens (tertiary/aromatic N) is 2. The smallest absolute Gasteiger partial charge is 0.242 e. The predicted octanol–water partition coefficient (Wildman–Crippen LogP) is 3.82. The molecule has 5 rings (SSSR count). The molecule has 0 aliphatic heterocycles.